The fourth-order valence-electron chi connectivity index (χ4n) is 2.20. The summed E-state index contributed by atoms with van der Waals surface area (Å²) in [5, 5.41) is 0.344. The Bertz CT molecular complexity index is 753. The molecule has 0 aliphatic carbocycles. The third-order valence-corrected chi connectivity index (χ3v) is 5.01. The Morgan fingerprint density at radius 3 is 2.19 bits per heavy atom. The fraction of sp³-hybridized carbons (Fsp3) is 0.143. The van der Waals surface area contributed by atoms with Gasteiger partial charge < -0.3 is 5.43 Å². The van der Waals surface area contributed by atoms with E-state index in [1.165, 1.54) is 0 Å². The molecule has 5 nitrogen and oxygen atoms in total. The van der Waals surface area contributed by atoms with Crippen LogP contribution in [0.3, 0.4) is 0 Å². The van der Waals surface area contributed by atoms with E-state index in [0.29, 0.717) is 27.5 Å². The van der Waals surface area contributed by atoms with E-state index in [9.17, 15) is 8.42 Å². The minimum atomic E-state index is -3.73. The predicted octanol–water partition coefficient (Wildman–Crippen LogP) is 3.04. The number of hydrogen-bond acceptors (Lipinski definition) is 4. The van der Waals surface area contributed by atoms with Gasteiger partial charge in [0.2, 0.25) is 0 Å². The van der Waals surface area contributed by atoms with Crippen LogP contribution in [0.1, 0.15) is 11.1 Å². The van der Waals surface area contributed by atoms with Gasteiger partial charge in [0.05, 0.1) is 15.6 Å². The number of hydrazine groups is 1. The SMILES string of the molecule is Cc1cc(NN)cc(C)c1S(=O)(=O)Nc1ccccc1Cl. The maximum absolute atomic E-state index is 12.6. The first-order chi connectivity index (χ1) is 9.85. The smallest absolute Gasteiger partial charge is 0.262 e. The van der Waals surface area contributed by atoms with Gasteiger partial charge in [-0.1, -0.05) is 23.7 Å². The average Bonchev–Trinajstić information content (AvgIpc) is 2.40. The molecule has 4 N–H and O–H groups in total. The maximum Gasteiger partial charge on any atom is 0.262 e. The fourth-order valence-corrected chi connectivity index (χ4v) is 3.97. The van der Waals surface area contributed by atoms with E-state index in [4.69, 9.17) is 17.4 Å². The Kier molecular flexibility index (Phi) is 4.41. The van der Waals surface area contributed by atoms with Crippen LogP contribution in [-0.2, 0) is 10.0 Å². The van der Waals surface area contributed by atoms with E-state index in [-0.39, 0.29) is 4.90 Å². The molecule has 0 fully saturated rings. The van der Waals surface area contributed by atoms with E-state index in [0.717, 1.165) is 0 Å². The molecule has 0 atom stereocenters. The molecule has 0 aliphatic rings. The number of benzene rings is 2. The molecule has 7 heteroatoms. The van der Waals surface area contributed by atoms with Crippen LogP contribution in [0.25, 0.3) is 0 Å². The standard InChI is InChI=1S/C14H16ClN3O2S/c1-9-7-11(17-16)8-10(2)14(9)21(19,20)18-13-6-4-3-5-12(13)15/h3-8,17-18H,16H2,1-2H3. The van der Waals surface area contributed by atoms with E-state index < -0.39 is 10.0 Å². The van der Waals surface area contributed by atoms with Crippen LogP contribution >= 0.6 is 11.6 Å². The van der Waals surface area contributed by atoms with Crippen molar-refractivity contribution in [1.29, 1.82) is 0 Å². The summed E-state index contributed by atoms with van der Waals surface area (Å²) in [5.41, 5.74) is 4.71. The highest BCUT2D eigenvalue weighted by Crippen LogP contribution is 2.28. The molecule has 2 aromatic carbocycles. The number of para-hydroxylation sites is 1. The summed E-state index contributed by atoms with van der Waals surface area (Å²) in [6.45, 7) is 3.43. The van der Waals surface area contributed by atoms with Crippen molar-refractivity contribution in [2.75, 3.05) is 10.1 Å². The molecule has 2 aromatic rings. The summed E-state index contributed by atoms with van der Waals surface area (Å²) in [6, 6.07) is 10.0. The number of nitrogens with one attached hydrogen (secondary N) is 2. The number of aryl methyl sites for hydroxylation is 2. The lowest BCUT2D eigenvalue weighted by Crippen LogP contribution is -2.17. The van der Waals surface area contributed by atoms with Crippen LogP contribution in [0.2, 0.25) is 5.02 Å². The molecular weight excluding hydrogens is 310 g/mol. The van der Waals surface area contributed by atoms with E-state index in [2.05, 4.69) is 10.1 Å². The number of nitrogen functional groups attached to an aromatic ring is 1. The molecular formula is C14H16ClN3O2S. The van der Waals surface area contributed by atoms with Gasteiger partial charge in [-0.3, -0.25) is 10.6 Å². The number of hydrogen-bond donors (Lipinski definition) is 3. The predicted molar refractivity (Wildman–Crippen MR) is 86.0 cm³/mol. The molecule has 0 unspecified atom stereocenters. The summed E-state index contributed by atoms with van der Waals surface area (Å²) >= 11 is 5.99. The molecule has 0 aromatic heterocycles. The second kappa shape index (κ2) is 5.93. The molecule has 0 amide bonds. The summed E-state index contributed by atoms with van der Waals surface area (Å²) in [4.78, 5) is 0.224. The lowest BCUT2D eigenvalue weighted by molar-refractivity contribution is 0.600. The number of nitrogens with two attached hydrogens (primary N) is 1. The Morgan fingerprint density at radius 2 is 1.67 bits per heavy atom. The van der Waals surface area contributed by atoms with E-state index >= 15 is 0 Å². The van der Waals surface area contributed by atoms with Gasteiger partial charge in [-0.2, -0.15) is 0 Å². The van der Waals surface area contributed by atoms with Crippen LogP contribution in [0.4, 0.5) is 11.4 Å². The van der Waals surface area contributed by atoms with Crippen LogP contribution < -0.4 is 16.0 Å². The first kappa shape index (κ1) is 15.6. The van der Waals surface area contributed by atoms with Gasteiger partial charge in [0.25, 0.3) is 10.0 Å². The zero-order valence-electron chi connectivity index (χ0n) is 11.6. The van der Waals surface area contributed by atoms with Crippen molar-refractivity contribution in [1.82, 2.24) is 0 Å². The van der Waals surface area contributed by atoms with Crippen molar-refractivity contribution >= 4 is 33.0 Å². The number of rotatable bonds is 4. The topological polar surface area (TPSA) is 84.2 Å². The van der Waals surface area contributed by atoms with Gasteiger partial charge in [-0.15, -0.1) is 0 Å². The van der Waals surface area contributed by atoms with Gasteiger partial charge in [-0.25, -0.2) is 8.42 Å². The quantitative estimate of drug-likeness (QED) is 0.596. The van der Waals surface area contributed by atoms with Crippen LogP contribution in [0.15, 0.2) is 41.3 Å². The number of halogens is 1. The van der Waals surface area contributed by atoms with Gasteiger partial charge in [0, 0.05) is 5.69 Å². The molecule has 0 spiro atoms. The van der Waals surface area contributed by atoms with Gasteiger partial charge in [0.15, 0.2) is 0 Å². The van der Waals surface area contributed by atoms with Crippen LogP contribution in [0, 0.1) is 13.8 Å². The second-order valence-corrected chi connectivity index (χ2v) is 6.70. The Morgan fingerprint density at radius 1 is 1.10 bits per heavy atom. The molecule has 0 aliphatic heterocycles. The third kappa shape index (κ3) is 3.29. The highest BCUT2D eigenvalue weighted by atomic mass is 35.5. The summed E-state index contributed by atoms with van der Waals surface area (Å²) in [7, 11) is -3.73. The minimum absolute atomic E-state index is 0.224. The lowest BCUT2D eigenvalue weighted by atomic mass is 10.1. The molecule has 0 bridgehead atoms. The van der Waals surface area contributed by atoms with Gasteiger partial charge in [-0.05, 0) is 49.2 Å². The highest BCUT2D eigenvalue weighted by molar-refractivity contribution is 7.92. The van der Waals surface area contributed by atoms with Crippen molar-refractivity contribution in [3.05, 3.63) is 52.5 Å². The zero-order valence-corrected chi connectivity index (χ0v) is 13.2. The zero-order chi connectivity index (χ0) is 15.6. The highest BCUT2D eigenvalue weighted by Gasteiger charge is 2.21. The van der Waals surface area contributed by atoms with Crippen molar-refractivity contribution in [2.24, 2.45) is 5.84 Å². The minimum Gasteiger partial charge on any atom is -0.324 e. The van der Waals surface area contributed by atoms with Gasteiger partial charge >= 0.3 is 0 Å². The number of sulfonamides is 1. The molecule has 0 saturated heterocycles. The normalized spacial score (nSPS) is 11.2. The van der Waals surface area contributed by atoms with Crippen molar-refractivity contribution in [2.45, 2.75) is 18.7 Å². The first-order valence-electron chi connectivity index (χ1n) is 6.20. The Balaban J connectivity index is 2.48. The van der Waals surface area contributed by atoms with Crippen molar-refractivity contribution in [3.8, 4) is 0 Å². The number of anilines is 2. The largest absolute Gasteiger partial charge is 0.324 e. The maximum atomic E-state index is 12.6. The summed E-state index contributed by atoms with van der Waals surface area (Å²) < 4.78 is 27.7. The van der Waals surface area contributed by atoms with E-state index in [1.807, 2.05) is 0 Å². The second-order valence-electron chi connectivity index (χ2n) is 4.67. The van der Waals surface area contributed by atoms with Gasteiger partial charge in [0.1, 0.15) is 0 Å². The Hall–Kier alpha value is -1.76. The molecule has 112 valence electrons. The lowest BCUT2D eigenvalue weighted by Gasteiger charge is -2.15. The molecule has 0 heterocycles. The molecule has 0 radical (unpaired) electrons. The molecule has 2 rings (SSSR count). The first-order valence-corrected chi connectivity index (χ1v) is 8.06. The van der Waals surface area contributed by atoms with Crippen LogP contribution in [-0.4, -0.2) is 8.42 Å². The monoisotopic (exact) mass is 325 g/mol. The van der Waals surface area contributed by atoms with E-state index in [1.54, 1.807) is 50.2 Å². The summed E-state index contributed by atoms with van der Waals surface area (Å²) in [5.74, 6) is 5.36. The summed E-state index contributed by atoms with van der Waals surface area (Å²) in [6.07, 6.45) is 0. The van der Waals surface area contributed by atoms with Crippen molar-refractivity contribution in [3.63, 3.8) is 0 Å². The average molecular weight is 326 g/mol. The Labute approximate surface area is 129 Å². The third-order valence-electron chi connectivity index (χ3n) is 3.01. The molecule has 0 saturated carbocycles. The van der Waals surface area contributed by atoms with Crippen LogP contribution in [0.5, 0.6) is 0 Å². The molecule has 21 heavy (non-hydrogen) atoms. The van der Waals surface area contributed by atoms with Crippen molar-refractivity contribution < 1.29 is 8.42 Å².